The summed E-state index contributed by atoms with van der Waals surface area (Å²) < 4.78 is 23.8. The average Bonchev–Trinajstić information content (AvgIpc) is 3.11. The number of rotatable bonds is 7. The van der Waals surface area contributed by atoms with Crippen molar-refractivity contribution in [3.63, 3.8) is 0 Å². The van der Waals surface area contributed by atoms with Crippen molar-refractivity contribution in [1.29, 1.82) is 0 Å². The van der Waals surface area contributed by atoms with Crippen LogP contribution in [-0.2, 0) is 18.6 Å². The molecule has 4 atom stereocenters. The summed E-state index contributed by atoms with van der Waals surface area (Å²) in [5.74, 6) is -0.0612. The molecule has 6 nitrogen and oxygen atoms in total. The SMILES string of the molecule is CC(C)(C)OC(=O)N[C@H](CC[C@H]1C[C@H]1O[Si](C)(C)C(C)(C)C)[C@H]1COC(C)(C)O1. The Labute approximate surface area is 178 Å². The number of ether oxygens (including phenoxy) is 3. The Morgan fingerprint density at radius 1 is 1.21 bits per heavy atom. The molecular weight excluding hydrogens is 386 g/mol. The second-order valence-corrected chi connectivity index (χ2v) is 16.4. The molecule has 1 aliphatic carbocycles. The first-order chi connectivity index (χ1) is 13.0. The lowest BCUT2D eigenvalue weighted by Gasteiger charge is -2.36. The molecule has 0 aromatic heterocycles. The summed E-state index contributed by atoms with van der Waals surface area (Å²) in [6, 6.07) is -0.138. The van der Waals surface area contributed by atoms with Gasteiger partial charge in [0.25, 0.3) is 0 Å². The molecular formula is C22H43NO5Si. The van der Waals surface area contributed by atoms with E-state index in [4.69, 9.17) is 18.6 Å². The van der Waals surface area contributed by atoms with Gasteiger partial charge < -0.3 is 24.0 Å². The van der Waals surface area contributed by atoms with Gasteiger partial charge in [-0.25, -0.2) is 4.79 Å². The van der Waals surface area contributed by atoms with E-state index in [0.29, 0.717) is 18.6 Å². The number of alkyl carbamates (subject to hydrolysis) is 1. The van der Waals surface area contributed by atoms with Crippen molar-refractivity contribution >= 4 is 14.4 Å². The molecule has 1 aliphatic heterocycles. The van der Waals surface area contributed by atoms with Gasteiger partial charge >= 0.3 is 6.09 Å². The van der Waals surface area contributed by atoms with Crippen LogP contribution in [-0.4, -0.2) is 50.7 Å². The minimum atomic E-state index is -1.74. The third-order valence-corrected chi connectivity index (χ3v) is 10.6. The van der Waals surface area contributed by atoms with Crippen LogP contribution in [0.15, 0.2) is 0 Å². The zero-order valence-corrected chi connectivity index (χ0v) is 21.2. The molecule has 1 N–H and O–H groups in total. The predicted molar refractivity (Wildman–Crippen MR) is 117 cm³/mol. The van der Waals surface area contributed by atoms with E-state index in [1.807, 2.05) is 34.6 Å². The van der Waals surface area contributed by atoms with Crippen molar-refractivity contribution in [1.82, 2.24) is 5.32 Å². The molecule has 0 aromatic rings. The first-order valence-corrected chi connectivity index (χ1v) is 13.9. The summed E-state index contributed by atoms with van der Waals surface area (Å²) in [6.07, 6.45) is 2.72. The molecule has 170 valence electrons. The molecule has 7 heteroatoms. The van der Waals surface area contributed by atoms with Crippen LogP contribution in [0.4, 0.5) is 4.79 Å². The van der Waals surface area contributed by atoms with Crippen LogP contribution in [0.25, 0.3) is 0 Å². The molecule has 1 amide bonds. The van der Waals surface area contributed by atoms with E-state index in [-0.39, 0.29) is 17.2 Å². The number of hydrogen-bond donors (Lipinski definition) is 1. The third-order valence-electron chi connectivity index (χ3n) is 6.14. The standard InChI is InChI=1S/C22H43NO5Si/c1-20(2,3)27-19(24)23-16(18-14-25-22(7,8)26-18)12-11-15-13-17(15)28-29(9,10)21(4,5)6/h15-18H,11-14H2,1-10H3,(H,23,24)/t15-,16+,17+,18+/m0/s1. The van der Waals surface area contributed by atoms with Crippen LogP contribution in [0, 0.1) is 5.92 Å². The second-order valence-electron chi connectivity index (χ2n) is 11.6. The highest BCUT2D eigenvalue weighted by atomic mass is 28.4. The maximum absolute atomic E-state index is 12.4. The Balaban J connectivity index is 1.91. The fraction of sp³-hybridized carbons (Fsp3) is 0.955. The zero-order valence-electron chi connectivity index (χ0n) is 20.2. The lowest BCUT2D eigenvalue weighted by atomic mass is 10.0. The Morgan fingerprint density at radius 2 is 1.83 bits per heavy atom. The van der Waals surface area contributed by atoms with Crippen molar-refractivity contribution in [3.8, 4) is 0 Å². The first kappa shape index (κ1) is 24.6. The van der Waals surface area contributed by atoms with Crippen molar-refractivity contribution in [2.45, 2.75) is 122 Å². The van der Waals surface area contributed by atoms with E-state index in [9.17, 15) is 4.79 Å². The van der Waals surface area contributed by atoms with E-state index in [2.05, 4.69) is 39.2 Å². The van der Waals surface area contributed by atoms with Crippen LogP contribution >= 0.6 is 0 Å². The van der Waals surface area contributed by atoms with Crippen molar-refractivity contribution in [2.75, 3.05) is 6.61 Å². The first-order valence-electron chi connectivity index (χ1n) is 11.0. The zero-order chi connectivity index (χ0) is 22.3. The van der Waals surface area contributed by atoms with Gasteiger partial charge in [-0.1, -0.05) is 20.8 Å². The third kappa shape index (κ3) is 7.53. The molecule has 2 fully saturated rings. The summed E-state index contributed by atoms with van der Waals surface area (Å²) in [7, 11) is -1.74. The normalized spacial score (nSPS) is 28.1. The van der Waals surface area contributed by atoms with Crippen LogP contribution in [0.1, 0.15) is 74.7 Å². The van der Waals surface area contributed by atoms with Crippen LogP contribution in [0.2, 0.25) is 18.1 Å². The highest BCUT2D eigenvalue weighted by molar-refractivity contribution is 6.74. The largest absolute Gasteiger partial charge is 0.444 e. The molecule has 29 heavy (non-hydrogen) atoms. The fourth-order valence-electron chi connectivity index (χ4n) is 3.34. The van der Waals surface area contributed by atoms with Gasteiger partial charge in [-0.2, -0.15) is 0 Å². The molecule has 0 aromatic carbocycles. The number of carbonyl (C=O) groups is 1. The molecule has 1 heterocycles. The van der Waals surface area contributed by atoms with Crippen LogP contribution < -0.4 is 5.32 Å². The summed E-state index contributed by atoms with van der Waals surface area (Å²) in [4.78, 5) is 12.4. The summed E-state index contributed by atoms with van der Waals surface area (Å²) in [5, 5.41) is 3.25. The molecule has 2 aliphatic rings. The van der Waals surface area contributed by atoms with E-state index in [1.54, 1.807) is 0 Å². The molecule has 0 spiro atoms. The molecule has 0 unspecified atom stereocenters. The summed E-state index contributed by atoms with van der Waals surface area (Å²) in [6.45, 7) is 21.3. The van der Waals surface area contributed by atoms with E-state index >= 15 is 0 Å². The van der Waals surface area contributed by atoms with Crippen LogP contribution in [0.5, 0.6) is 0 Å². The fourth-order valence-corrected chi connectivity index (χ4v) is 4.74. The quantitative estimate of drug-likeness (QED) is 0.562. The monoisotopic (exact) mass is 429 g/mol. The average molecular weight is 430 g/mol. The van der Waals surface area contributed by atoms with Gasteiger partial charge in [0.2, 0.25) is 0 Å². The smallest absolute Gasteiger partial charge is 0.407 e. The van der Waals surface area contributed by atoms with E-state index < -0.39 is 25.8 Å². The number of carbonyl (C=O) groups excluding carboxylic acids is 1. The molecule has 1 saturated carbocycles. The Bertz CT molecular complexity index is 579. The van der Waals surface area contributed by atoms with Crippen molar-refractivity contribution < 1.29 is 23.4 Å². The van der Waals surface area contributed by atoms with Crippen LogP contribution in [0.3, 0.4) is 0 Å². The highest BCUT2D eigenvalue weighted by Gasteiger charge is 2.47. The van der Waals surface area contributed by atoms with Gasteiger partial charge in [-0.15, -0.1) is 0 Å². The lowest BCUT2D eigenvalue weighted by molar-refractivity contribution is -0.142. The predicted octanol–water partition coefficient (Wildman–Crippen LogP) is 5.22. The minimum absolute atomic E-state index is 0.138. The minimum Gasteiger partial charge on any atom is -0.444 e. The Morgan fingerprint density at radius 3 is 2.31 bits per heavy atom. The summed E-state index contributed by atoms with van der Waals surface area (Å²) >= 11 is 0. The van der Waals surface area contributed by atoms with Crippen molar-refractivity contribution in [2.24, 2.45) is 5.92 Å². The Kier molecular flexibility index (Phi) is 7.20. The van der Waals surface area contributed by atoms with Gasteiger partial charge in [-0.3, -0.25) is 0 Å². The van der Waals surface area contributed by atoms with Gasteiger partial charge in [0, 0.05) is 6.10 Å². The van der Waals surface area contributed by atoms with Gasteiger partial charge in [0.05, 0.1) is 12.6 Å². The van der Waals surface area contributed by atoms with Crippen molar-refractivity contribution in [3.05, 3.63) is 0 Å². The highest BCUT2D eigenvalue weighted by Crippen LogP contribution is 2.45. The molecule has 2 rings (SSSR count). The number of amides is 1. The molecule has 0 bridgehead atoms. The van der Waals surface area contributed by atoms with Gasteiger partial charge in [0.15, 0.2) is 14.1 Å². The maximum Gasteiger partial charge on any atom is 0.407 e. The van der Waals surface area contributed by atoms with Gasteiger partial charge in [0.1, 0.15) is 11.7 Å². The molecule has 0 radical (unpaired) electrons. The number of nitrogens with one attached hydrogen (secondary N) is 1. The Hall–Kier alpha value is -0.633. The lowest BCUT2D eigenvalue weighted by Crippen LogP contribution is -2.47. The van der Waals surface area contributed by atoms with E-state index in [0.717, 1.165) is 19.3 Å². The molecule has 1 saturated heterocycles. The van der Waals surface area contributed by atoms with E-state index in [1.165, 1.54) is 0 Å². The maximum atomic E-state index is 12.4. The summed E-state index contributed by atoms with van der Waals surface area (Å²) in [5.41, 5.74) is -0.528. The number of hydrogen-bond acceptors (Lipinski definition) is 5. The topological polar surface area (TPSA) is 66.0 Å². The second kappa shape index (κ2) is 8.48. The van der Waals surface area contributed by atoms with Gasteiger partial charge in [-0.05, 0) is 77.9 Å².